The molecule has 0 bridgehead atoms. The molecule has 2 aromatic rings. The average Bonchev–Trinajstić information content (AvgIpc) is 3.38. The number of nitrogens with one attached hydrogen (secondary N) is 1. The first-order valence-corrected chi connectivity index (χ1v) is 11.6. The van der Waals surface area contributed by atoms with Gasteiger partial charge in [0.15, 0.2) is 0 Å². The van der Waals surface area contributed by atoms with E-state index >= 15 is 0 Å². The SMILES string of the molecule is C=C(CSc1ncc(C2=NOC(c3cc(Cl)cc(Cl)c3)(C(F)(F)F)C2)cc1C)NC1CC1. The number of thioether (sulfide) groups is 1. The third kappa shape index (κ3) is 4.87. The third-order valence-corrected chi connectivity index (χ3v) is 6.88. The van der Waals surface area contributed by atoms with Crippen molar-refractivity contribution >= 4 is 40.7 Å². The summed E-state index contributed by atoms with van der Waals surface area (Å²) in [4.78, 5) is 9.49. The van der Waals surface area contributed by atoms with Crippen molar-refractivity contribution in [1.82, 2.24) is 10.3 Å². The molecule has 170 valence electrons. The van der Waals surface area contributed by atoms with E-state index < -0.39 is 18.2 Å². The number of benzene rings is 1. The first-order valence-electron chi connectivity index (χ1n) is 9.90. The molecule has 1 unspecified atom stereocenters. The van der Waals surface area contributed by atoms with Gasteiger partial charge in [0.2, 0.25) is 0 Å². The predicted molar refractivity (Wildman–Crippen MR) is 121 cm³/mol. The van der Waals surface area contributed by atoms with Crippen LogP contribution in [0.15, 0.2) is 52.9 Å². The summed E-state index contributed by atoms with van der Waals surface area (Å²) in [5.41, 5.74) is -0.452. The van der Waals surface area contributed by atoms with E-state index in [1.165, 1.54) is 49.0 Å². The summed E-state index contributed by atoms with van der Waals surface area (Å²) in [5, 5.41) is 8.09. The van der Waals surface area contributed by atoms with Gasteiger partial charge in [-0.25, -0.2) is 4.98 Å². The average molecular weight is 502 g/mol. The molecule has 4 rings (SSSR count). The summed E-state index contributed by atoms with van der Waals surface area (Å²) >= 11 is 13.4. The van der Waals surface area contributed by atoms with Crippen LogP contribution in [0.4, 0.5) is 13.2 Å². The van der Waals surface area contributed by atoms with Gasteiger partial charge in [-0.05, 0) is 49.6 Å². The van der Waals surface area contributed by atoms with Gasteiger partial charge in [0.1, 0.15) is 0 Å². The highest BCUT2D eigenvalue weighted by molar-refractivity contribution is 7.99. The molecule has 0 spiro atoms. The van der Waals surface area contributed by atoms with Gasteiger partial charge in [-0.3, -0.25) is 0 Å². The molecular formula is C22H20Cl2F3N3OS. The third-order valence-electron chi connectivity index (χ3n) is 5.25. The quantitative estimate of drug-likeness (QED) is 0.432. The van der Waals surface area contributed by atoms with Crippen molar-refractivity contribution in [2.45, 2.75) is 49.0 Å². The highest BCUT2D eigenvalue weighted by Crippen LogP contribution is 2.49. The minimum absolute atomic E-state index is 0.0878. The molecule has 1 aromatic carbocycles. The minimum Gasteiger partial charge on any atom is -0.385 e. The Balaban J connectivity index is 1.53. The van der Waals surface area contributed by atoms with Gasteiger partial charge >= 0.3 is 6.18 Å². The molecule has 4 nitrogen and oxygen atoms in total. The fraction of sp³-hybridized carbons (Fsp3) is 0.364. The summed E-state index contributed by atoms with van der Waals surface area (Å²) in [6.45, 7) is 5.88. The molecule has 1 aliphatic carbocycles. The summed E-state index contributed by atoms with van der Waals surface area (Å²) in [6.07, 6.45) is -1.39. The zero-order valence-corrected chi connectivity index (χ0v) is 19.4. The van der Waals surface area contributed by atoms with Gasteiger partial charge in [0, 0.05) is 44.9 Å². The second kappa shape index (κ2) is 8.80. The van der Waals surface area contributed by atoms with Crippen LogP contribution in [-0.2, 0) is 10.4 Å². The number of rotatable bonds is 7. The molecule has 1 N–H and O–H groups in total. The van der Waals surface area contributed by atoms with Crippen molar-refractivity contribution in [3.63, 3.8) is 0 Å². The predicted octanol–water partition coefficient (Wildman–Crippen LogP) is 6.64. The number of alkyl halides is 3. The van der Waals surface area contributed by atoms with E-state index in [1.54, 1.807) is 6.07 Å². The lowest BCUT2D eigenvalue weighted by Gasteiger charge is -2.29. The van der Waals surface area contributed by atoms with Crippen molar-refractivity contribution in [2.24, 2.45) is 5.16 Å². The number of pyridine rings is 1. The van der Waals surface area contributed by atoms with Crippen LogP contribution in [0.2, 0.25) is 10.0 Å². The molecule has 0 amide bonds. The van der Waals surface area contributed by atoms with E-state index in [0.29, 0.717) is 17.4 Å². The Kier molecular flexibility index (Phi) is 6.40. The van der Waals surface area contributed by atoms with Crippen LogP contribution < -0.4 is 5.32 Å². The van der Waals surface area contributed by atoms with Gasteiger partial charge in [-0.15, -0.1) is 0 Å². The Labute approximate surface area is 198 Å². The molecule has 1 fully saturated rings. The van der Waals surface area contributed by atoms with Gasteiger partial charge < -0.3 is 10.2 Å². The summed E-state index contributed by atoms with van der Waals surface area (Å²) in [7, 11) is 0. The lowest BCUT2D eigenvalue weighted by atomic mass is 9.86. The molecule has 1 atom stereocenters. The fourth-order valence-corrected chi connectivity index (χ4v) is 4.76. The summed E-state index contributed by atoms with van der Waals surface area (Å²) in [6, 6.07) is 6.07. The Hall–Kier alpha value is -1.90. The molecular weight excluding hydrogens is 482 g/mol. The van der Waals surface area contributed by atoms with Crippen molar-refractivity contribution < 1.29 is 18.0 Å². The Morgan fingerprint density at radius 2 is 1.94 bits per heavy atom. The van der Waals surface area contributed by atoms with Crippen LogP contribution in [0.1, 0.15) is 36.0 Å². The van der Waals surface area contributed by atoms with Gasteiger partial charge in [-0.2, -0.15) is 13.2 Å². The van der Waals surface area contributed by atoms with Crippen LogP contribution in [-0.4, -0.2) is 28.7 Å². The number of aromatic nitrogens is 1. The number of hydrogen-bond acceptors (Lipinski definition) is 5. The van der Waals surface area contributed by atoms with E-state index in [1.807, 2.05) is 6.92 Å². The number of halogens is 5. The molecule has 1 saturated carbocycles. The topological polar surface area (TPSA) is 46.5 Å². The monoisotopic (exact) mass is 501 g/mol. The smallest absolute Gasteiger partial charge is 0.385 e. The van der Waals surface area contributed by atoms with Crippen molar-refractivity contribution in [3.05, 3.63) is 69.5 Å². The minimum atomic E-state index is -4.74. The Morgan fingerprint density at radius 3 is 2.53 bits per heavy atom. The van der Waals surface area contributed by atoms with E-state index in [2.05, 4.69) is 22.0 Å². The number of aryl methyl sites for hydroxylation is 1. The van der Waals surface area contributed by atoms with Crippen LogP contribution in [0.3, 0.4) is 0 Å². The highest BCUT2D eigenvalue weighted by atomic mass is 35.5. The standard InChI is InChI=1S/C22H20Cl2F3N3OS/c1-12-5-14(10-28-20(12)32-11-13(2)29-18-3-4-18)19-9-21(31-30-19,22(25,26)27)15-6-16(23)8-17(24)7-15/h5-8,10,18,29H,2-4,9,11H2,1H3. The first kappa shape index (κ1) is 23.3. The second-order valence-corrected chi connectivity index (χ2v) is 9.78. The van der Waals surface area contributed by atoms with Crippen LogP contribution >= 0.6 is 35.0 Å². The van der Waals surface area contributed by atoms with Crippen LogP contribution in [0.25, 0.3) is 0 Å². The lowest BCUT2D eigenvalue weighted by Crippen LogP contribution is -2.42. The van der Waals surface area contributed by atoms with Crippen molar-refractivity contribution in [1.29, 1.82) is 0 Å². The van der Waals surface area contributed by atoms with Crippen LogP contribution in [0, 0.1) is 6.92 Å². The van der Waals surface area contributed by atoms with E-state index in [9.17, 15) is 13.2 Å². The normalized spacial score (nSPS) is 20.6. The maximum atomic E-state index is 14.2. The molecule has 0 radical (unpaired) electrons. The largest absolute Gasteiger partial charge is 0.435 e. The second-order valence-electron chi connectivity index (χ2n) is 7.95. The molecule has 1 aliphatic heterocycles. The Bertz CT molecular complexity index is 1070. The maximum Gasteiger partial charge on any atom is 0.435 e. The van der Waals surface area contributed by atoms with E-state index in [0.717, 1.165) is 16.3 Å². The molecule has 10 heteroatoms. The zero-order valence-electron chi connectivity index (χ0n) is 17.1. The fourth-order valence-electron chi connectivity index (χ4n) is 3.43. The number of hydrogen-bond donors (Lipinski definition) is 1. The molecule has 0 saturated heterocycles. The molecule has 1 aromatic heterocycles. The van der Waals surface area contributed by atoms with E-state index in [4.69, 9.17) is 28.0 Å². The van der Waals surface area contributed by atoms with Crippen molar-refractivity contribution in [3.8, 4) is 0 Å². The van der Waals surface area contributed by atoms with Gasteiger partial charge in [0.05, 0.1) is 17.2 Å². The van der Waals surface area contributed by atoms with E-state index in [-0.39, 0.29) is 21.3 Å². The summed E-state index contributed by atoms with van der Waals surface area (Å²) < 4.78 is 42.5. The van der Waals surface area contributed by atoms with Crippen molar-refractivity contribution in [2.75, 3.05) is 5.75 Å². The maximum absolute atomic E-state index is 14.2. The summed E-state index contributed by atoms with van der Waals surface area (Å²) in [5.74, 6) is 0.667. The highest BCUT2D eigenvalue weighted by Gasteiger charge is 2.62. The van der Waals surface area contributed by atoms with Crippen LogP contribution in [0.5, 0.6) is 0 Å². The number of nitrogens with zero attached hydrogens (tertiary/aromatic N) is 2. The number of oxime groups is 1. The lowest BCUT2D eigenvalue weighted by molar-refractivity contribution is -0.275. The molecule has 32 heavy (non-hydrogen) atoms. The molecule has 2 aliphatic rings. The Morgan fingerprint density at radius 1 is 1.25 bits per heavy atom. The van der Waals surface area contributed by atoms with Gasteiger partial charge in [0.25, 0.3) is 5.60 Å². The van der Waals surface area contributed by atoms with Gasteiger partial charge in [-0.1, -0.05) is 46.7 Å². The first-order chi connectivity index (χ1) is 15.1. The zero-order chi connectivity index (χ0) is 23.1. The molecule has 2 heterocycles.